The van der Waals surface area contributed by atoms with Crippen LogP contribution in [-0.4, -0.2) is 30.0 Å². The first-order chi connectivity index (χ1) is 16.6. The normalized spacial score (nSPS) is 11.6. The number of H-pyrrole nitrogens is 1. The Labute approximate surface area is 197 Å². The maximum absolute atomic E-state index is 14.9. The van der Waals surface area contributed by atoms with Crippen molar-refractivity contribution in [3.8, 4) is 11.1 Å². The molecule has 0 saturated heterocycles. The number of nitrogens with zero attached hydrogens (tertiary/aromatic N) is 1. The lowest BCUT2D eigenvalue weighted by Crippen LogP contribution is -2.20. The van der Waals surface area contributed by atoms with Gasteiger partial charge in [0.1, 0.15) is 28.7 Å². The van der Waals surface area contributed by atoms with Gasteiger partial charge >= 0.3 is 0 Å². The van der Waals surface area contributed by atoms with Gasteiger partial charge < -0.3 is 10.3 Å². The Morgan fingerprint density at radius 3 is 2.51 bits per heavy atom. The van der Waals surface area contributed by atoms with Gasteiger partial charge in [0.05, 0.1) is 23.3 Å². The van der Waals surface area contributed by atoms with Crippen LogP contribution in [0.2, 0.25) is 0 Å². The Morgan fingerprint density at radius 2 is 1.77 bits per heavy atom. The summed E-state index contributed by atoms with van der Waals surface area (Å²) in [5.74, 6) is -5.44. The van der Waals surface area contributed by atoms with Gasteiger partial charge in [0.25, 0.3) is 5.91 Å². The van der Waals surface area contributed by atoms with Crippen LogP contribution in [0.25, 0.3) is 22.2 Å². The first-order valence-electron chi connectivity index (χ1n) is 10.3. The molecule has 4 aromatic rings. The molecule has 0 bridgehead atoms. The van der Waals surface area contributed by atoms with Crippen molar-refractivity contribution in [2.45, 2.75) is 13.3 Å². The van der Waals surface area contributed by atoms with Crippen molar-refractivity contribution in [2.24, 2.45) is 0 Å². The highest BCUT2D eigenvalue weighted by atomic mass is 32.2. The van der Waals surface area contributed by atoms with E-state index in [1.165, 1.54) is 18.5 Å². The first-order valence-corrected chi connectivity index (χ1v) is 12.0. The third kappa shape index (κ3) is 4.97. The fourth-order valence-corrected chi connectivity index (χ4v) is 4.65. The van der Waals surface area contributed by atoms with Crippen LogP contribution in [-0.2, 0) is 10.0 Å². The maximum Gasteiger partial charge on any atom is 0.261 e. The van der Waals surface area contributed by atoms with Crippen LogP contribution in [0.1, 0.15) is 23.7 Å². The summed E-state index contributed by atoms with van der Waals surface area (Å²) in [6.07, 6.45) is 2.88. The second-order valence-electron chi connectivity index (χ2n) is 7.61. The summed E-state index contributed by atoms with van der Waals surface area (Å²) in [5, 5.41) is 2.62. The molecule has 3 N–H and O–H groups in total. The number of carbonyl (C=O) groups is 1. The number of anilines is 2. The Balaban J connectivity index is 1.68. The summed E-state index contributed by atoms with van der Waals surface area (Å²) in [6, 6.07) is 5.95. The van der Waals surface area contributed by atoms with Crippen molar-refractivity contribution in [1.29, 1.82) is 0 Å². The second kappa shape index (κ2) is 9.37. The van der Waals surface area contributed by atoms with Gasteiger partial charge in [-0.2, -0.15) is 0 Å². The van der Waals surface area contributed by atoms with E-state index in [9.17, 15) is 30.8 Å². The van der Waals surface area contributed by atoms with E-state index in [2.05, 4.69) is 15.3 Å². The SMILES string of the molecule is CCCS(=O)(=O)Nc1ccc(F)c(C(=O)Nc2cnc3[nH]cc(-c4cc(F)ccc4F)c3c2)c1F. The van der Waals surface area contributed by atoms with Crippen LogP contribution in [0.4, 0.5) is 28.9 Å². The standard InChI is InChI=1S/C23H18F4N4O3S/c1-2-7-35(33,34)31-19-6-5-18(26)20(21(19)27)23(32)30-13-9-15-16(11-29-22(15)28-10-13)14-8-12(24)3-4-17(14)25/h3-6,8-11,31H,2,7H2,1H3,(H,28,29)(H,30,32). The van der Waals surface area contributed by atoms with Gasteiger partial charge in [-0.3, -0.25) is 9.52 Å². The number of benzene rings is 2. The molecule has 12 heteroatoms. The molecule has 35 heavy (non-hydrogen) atoms. The quantitative estimate of drug-likeness (QED) is 0.300. The van der Waals surface area contributed by atoms with Crippen molar-refractivity contribution < 1.29 is 30.8 Å². The number of pyridine rings is 1. The zero-order chi connectivity index (χ0) is 25.3. The zero-order valence-electron chi connectivity index (χ0n) is 18.1. The number of aromatic nitrogens is 2. The third-order valence-corrected chi connectivity index (χ3v) is 6.54. The van der Waals surface area contributed by atoms with E-state index in [0.29, 0.717) is 11.0 Å². The highest BCUT2D eigenvalue weighted by molar-refractivity contribution is 7.92. The number of nitrogens with one attached hydrogen (secondary N) is 3. The smallest absolute Gasteiger partial charge is 0.261 e. The van der Waals surface area contributed by atoms with E-state index in [1.54, 1.807) is 6.92 Å². The minimum atomic E-state index is -3.89. The largest absolute Gasteiger partial charge is 0.346 e. The second-order valence-corrected chi connectivity index (χ2v) is 9.45. The van der Waals surface area contributed by atoms with Gasteiger partial charge in [-0.15, -0.1) is 0 Å². The van der Waals surface area contributed by atoms with Crippen molar-refractivity contribution >= 4 is 38.3 Å². The van der Waals surface area contributed by atoms with Crippen LogP contribution < -0.4 is 10.0 Å². The molecule has 2 aromatic heterocycles. The molecule has 0 fully saturated rings. The third-order valence-electron chi connectivity index (χ3n) is 5.06. The molecule has 2 aromatic carbocycles. The fraction of sp³-hybridized carbons (Fsp3) is 0.130. The topological polar surface area (TPSA) is 104 Å². The lowest BCUT2D eigenvalue weighted by molar-refractivity contribution is 0.101. The summed E-state index contributed by atoms with van der Waals surface area (Å²) in [5.41, 5.74) is -1.07. The molecule has 0 aliphatic rings. The fourth-order valence-electron chi connectivity index (χ4n) is 3.52. The average Bonchev–Trinajstić information content (AvgIpc) is 3.20. The zero-order valence-corrected chi connectivity index (χ0v) is 18.9. The van der Waals surface area contributed by atoms with E-state index in [4.69, 9.17) is 0 Å². The van der Waals surface area contributed by atoms with Crippen LogP contribution in [0.15, 0.2) is 48.8 Å². The number of rotatable bonds is 7. The van der Waals surface area contributed by atoms with Gasteiger partial charge in [-0.1, -0.05) is 6.92 Å². The lowest BCUT2D eigenvalue weighted by atomic mass is 10.0. The molecule has 182 valence electrons. The number of aromatic amines is 1. The van der Waals surface area contributed by atoms with Crippen LogP contribution in [0, 0.1) is 23.3 Å². The Morgan fingerprint density at radius 1 is 1.03 bits per heavy atom. The summed E-state index contributed by atoms with van der Waals surface area (Å²) in [6.45, 7) is 1.61. The van der Waals surface area contributed by atoms with Crippen molar-refractivity contribution in [3.63, 3.8) is 0 Å². The molecule has 0 aliphatic carbocycles. The molecule has 0 aliphatic heterocycles. The number of hydrogen-bond acceptors (Lipinski definition) is 4. The monoisotopic (exact) mass is 506 g/mol. The van der Waals surface area contributed by atoms with E-state index in [1.807, 2.05) is 4.72 Å². The van der Waals surface area contributed by atoms with Crippen LogP contribution in [0.3, 0.4) is 0 Å². The predicted molar refractivity (Wildman–Crippen MR) is 123 cm³/mol. The summed E-state index contributed by atoms with van der Waals surface area (Å²) in [7, 11) is -3.89. The maximum atomic E-state index is 14.9. The highest BCUT2D eigenvalue weighted by Gasteiger charge is 2.23. The molecule has 1 amide bonds. The molecule has 0 radical (unpaired) electrons. The highest BCUT2D eigenvalue weighted by Crippen LogP contribution is 2.32. The number of carbonyl (C=O) groups excluding carboxylic acids is 1. The number of halogens is 4. The van der Waals surface area contributed by atoms with Crippen molar-refractivity contribution in [3.05, 3.63) is 77.6 Å². The lowest BCUT2D eigenvalue weighted by Gasteiger charge is -2.12. The van der Waals surface area contributed by atoms with E-state index in [-0.39, 0.29) is 29.0 Å². The minimum absolute atomic E-state index is 0.0101. The molecule has 4 rings (SSSR count). The van der Waals surface area contributed by atoms with E-state index < -0.39 is 50.5 Å². The Bertz CT molecular complexity index is 1550. The van der Waals surface area contributed by atoms with Gasteiger partial charge in [0.15, 0.2) is 5.82 Å². The molecular weight excluding hydrogens is 488 g/mol. The Hall–Kier alpha value is -3.93. The molecule has 0 atom stereocenters. The van der Waals surface area contributed by atoms with Gasteiger partial charge in [0, 0.05) is 22.7 Å². The predicted octanol–water partition coefficient (Wildman–Crippen LogP) is 5.19. The first kappa shape index (κ1) is 24.2. The van der Waals surface area contributed by atoms with E-state index >= 15 is 0 Å². The van der Waals surface area contributed by atoms with E-state index in [0.717, 1.165) is 30.3 Å². The minimum Gasteiger partial charge on any atom is -0.346 e. The molecule has 7 nitrogen and oxygen atoms in total. The average molecular weight is 506 g/mol. The summed E-state index contributed by atoms with van der Waals surface area (Å²) < 4.78 is 83.1. The van der Waals surface area contributed by atoms with Crippen LogP contribution >= 0.6 is 0 Å². The van der Waals surface area contributed by atoms with Crippen LogP contribution in [0.5, 0.6) is 0 Å². The Kier molecular flexibility index (Phi) is 6.48. The number of hydrogen-bond donors (Lipinski definition) is 3. The van der Waals surface area contributed by atoms with Gasteiger partial charge in [0.2, 0.25) is 10.0 Å². The molecule has 0 saturated carbocycles. The number of amides is 1. The number of fused-ring (bicyclic) bond motifs is 1. The van der Waals surface area contributed by atoms with Gasteiger partial charge in [-0.25, -0.2) is 31.0 Å². The van der Waals surface area contributed by atoms with Crippen molar-refractivity contribution in [2.75, 3.05) is 15.8 Å². The molecular formula is C23H18F4N4O3S. The van der Waals surface area contributed by atoms with Gasteiger partial charge in [-0.05, 0) is 42.8 Å². The summed E-state index contributed by atoms with van der Waals surface area (Å²) in [4.78, 5) is 19.6. The van der Waals surface area contributed by atoms with Crippen molar-refractivity contribution in [1.82, 2.24) is 9.97 Å². The molecule has 0 unspecified atom stereocenters. The molecule has 2 heterocycles. The number of sulfonamides is 1. The summed E-state index contributed by atoms with van der Waals surface area (Å²) >= 11 is 0. The molecule has 0 spiro atoms.